The Bertz CT molecular complexity index is 911. The van der Waals surface area contributed by atoms with Crippen molar-refractivity contribution in [2.24, 2.45) is 0 Å². The second-order valence-electron chi connectivity index (χ2n) is 7.25. The van der Waals surface area contributed by atoms with Crippen molar-refractivity contribution in [2.75, 3.05) is 13.6 Å². The first-order valence-corrected chi connectivity index (χ1v) is 9.60. The van der Waals surface area contributed by atoms with Crippen molar-refractivity contribution in [3.63, 3.8) is 0 Å². The Kier molecular flexibility index (Phi) is 5.48. The quantitative estimate of drug-likeness (QED) is 0.657. The first-order chi connectivity index (χ1) is 13.7. The van der Waals surface area contributed by atoms with E-state index in [1.54, 1.807) is 12.3 Å². The van der Waals surface area contributed by atoms with Gasteiger partial charge in [0.25, 0.3) is 5.91 Å². The number of aromatic nitrogens is 2. The molecule has 0 radical (unpaired) electrons. The van der Waals surface area contributed by atoms with Gasteiger partial charge in [-0.25, -0.2) is 0 Å². The molecule has 1 aromatic carbocycles. The highest BCUT2D eigenvalue weighted by Crippen LogP contribution is 2.31. The minimum absolute atomic E-state index is 0.00889. The number of hydrogen-bond acceptors (Lipinski definition) is 5. The maximum absolute atomic E-state index is 13.0. The zero-order valence-corrected chi connectivity index (χ0v) is 16.0. The number of amides is 1. The number of rotatable bonds is 6. The molecule has 0 bridgehead atoms. The summed E-state index contributed by atoms with van der Waals surface area (Å²) >= 11 is 0. The van der Waals surface area contributed by atoms with Gasteiger partial charge in [-0.15, -0.1) is 0 Å². The molecule has 0 spiro atoms. The van der Waals surface area contributed by atoms with E-state index in [0.29, 0.717) is 18.0 Å². The molecule has 1 amide bonds. The molecule has 1 atom stereocenters. The van der Waals surface area contributed by atoms with Crippen LogP contribution in [0.1, 0.15) is 46.4 Å². The van der Waals surface area contributed by atoms with Crippen molar-refractivity contribution in [1.29, 1.82) is 0 Å². The van der Waals surface area contributed by atoms with E-state index in [2.05, 4.69) is 27.2 Å². The third-order valence-electron chi connectivity index (χ3n) is 5.04. The summed E-state index contributed by atoms with van der Waals surface area (Å²) in [6, 6.07) is 17.9. The third-order valence-corrected chi connectivity index (χ3v) is 5.04. The van der Waals surface area contributed by atoms with Gasteiger partial charge in [-0.05, 0) is 37.6 Å². The number of benzene rings is 1. The topological polar surface area (TPSA) is 62.5 Å². The van der Waals surface area contributed by atoms with Crippen molar-refractivity contribution < 1.29 is 9.32 Å². The Morgan fingerprint density at radius 3 is 2.79 bits per heavy atom. The lowest BCUT2D eigenvalue weighted by Crippen LogP contribution is -2.31. The summed E-state index contributed by atoms with van der Waals surface area (Å²) in [5, 5.41) is 4.04. The fourth-order valence-electron chi connectivity index (χ4n) is 3.74. The van der Waals surface area contributed by atoms with Crippen LogP contribution in [0.5, 0.6) is 0 Å². The van der Waals surface area contributed by atoms with Crippen molar-refractivity contribution in [3.8, 4) is 0 Å². The van der Waals surface area contributed by atoms with Gasteiger partial charge in [0.15, 0.2) is 11.5 Å². The average molecular weight is 376 g/mol. The molecule has 4 rings (SSSR count). The first-order valence-electron chi connectivity index (χ1n) is 9.60. The van der Waals surface area contributed by atoms with Crippen LogP contribution in [0.25, 0.3) is 0 Å². The van der Waals surface area contributed by atoms with Crippen LogP contribution >= 0.6 is 0 Å². The van der Waals surface area contributed by atoms with Gasteiger partial charge in [-0.1, -0.05) is 41.6 Å². The van der Waals surface area contributed by atoms with Crippen molar-refractivity contribution >= 4 is 5.91 Å². The van der Waals surface area contributed by atoms with E-state index in [1.807, 2.05) is 48.3 Å². The van der Waals surface area contributed by atoms with Gasteiger partial charge in [-0.3, -0.25) is 14.7 Å². The fraction of sp³-hybridized carbons (Fsp3) is 0.318. The predicted molar refractivity (Wildman–Crippen MR) is 105 cm³/mol. The SMILES string of the molecule is CN(Cc1ccccc1)Cc1cc(C(=O)N2CCC[C@H]2c2ccccn2)no1. The highest BCUT2D eigenvalue weighted by molar-refractivity contribution is 5.92. The number of hydrogen-bond donors (Lipinski definition) is 0. The van der Waals surface area contributed by atoms with Crippen LogP contribution in [0.15, 0.2) is 65.3 Å². The highest BCUT2D eigenvalue weighted by atomic mass is 16.5. The minimum atomic E-state index is -0.0890. The van der Waals surface area contributed by atoms with Gasteiger partial charge < -0.3 is 9.42 Å². The number of likely N-dealkylation sites (tertiary alicyclic amines) is 1. The minimum Gasteiger partial charge on any atom is -0.359 e. The Morgan fingerprint density at radius 1 is 1.18 bits per heavy atom. The van der Waals surface area contributed by atoms with Gasteiger partial charge in [-0.2, -0.15) is 0 Å². The molecule has 28 heavy (non-hydrogen) atoms. The molecule has 0 saturated carbocycles. The molecule has 0 N–H and O–H groups in total. The summed E-state index contributed by atoms with van der Waals surface area (Å²) in [5.74, 6) is 0.601. The fourth-order valence-corrected chi connectivity index (χ4v) is 3.74. The van der Waals surface area contributed by atoms with Crippen LogP contribution in [0, 0.1) is 0 Å². The normalized spacial score (nSPS) is 16.6. The molecule has 1 aliphatic heterocycles. The Balaban J connectivity index is 1.41. The van der Waals surface area contributed by atoms with Crippen LogP contribution in [-0.4, -0.2) is 39.4 Å². The lowest BCUT2D eigenvalue weighted by Gasteiger charge is -2.23. The van der Waals surface area contributed by atoms with Gasteiger partial charge in [0, 0.05) is 25.4 Å². The molecule has 1 saturated heterocycles. The maximum Gasteiger partial charge on any atom is 0.276 e. The molecule has 144 valence electrons. The van der Waals surface area contributed by atoms with Crippen LogP contribution in [0.3, 0.4) is 0 Å². The maximum atomic E-state index is 13.0. The largest absolute Gasteiger partial charge is 0.359 e. The summed E-state index contributed by atoms with van der Waals surface area (Å²) < 4.78 is 5.44. The lowest BCUT2D eigenvalue weighted by atomic mass is 10.1. The Hall–Kier alpha value is -2.99. The molecular formula is C22H24N4O2. The van der Waals surface area contributed by atoms with Crippen LogP contribution in [-0.2, 0) is 13.1 Å². The number of nitrogens with zero attached hydrogens (tertiary/aromatic N) is 4. The van der Waals surface area contributed by atoms with Gasteiger partial charge in [0.05, 0.1) is 18.3 Å². The van der Waals surface area contributed by atoms with Crippen molar-refractivity contribution in [1.82, 2.24) is 19.9 Å². The van der Waals surface area contributed by atoms with Crippen LogP contribution < -0.4 is 0 Å². The standard InChI is InChI=1S/C22H24N4O2/c1-25(15-17-8-3-2-4-9-17)16-18-14-20(24-28-18)22(27)26-13-7-11-21(26)19-10-5-6-12-23-19/h2-6,8-10,12,14,21H,7,11,13,15-16H2,1H3/t21-/m0/s1. The molecule has 1 aliphatic rings. The number of carbonyl (C=O) groups is 1. The van der Waals surface area contributed by atoms with E-state index >= 15 is 0 Å². The third kappa shape index (κ3) is 4.12. The second kappa shape index (κ2) is 8.35. The summed E-state index contributed by atoms with van der Waals surface area (Å²) in [6.07, 6.45) is 3.66. The van der Waals surface area contributed by atoms with Crippen molar-refractivity contribution in [2.45, 2.75) is 32.0 Å². The monoisotopic (exact) mass is 376 g/mol. The predicted octanol–water partition coefficient (Wildman–Crippen LogP) is 3.68. The van der Waals surface area contributed by atoms with E-state index in [4.69, 9.17) is 4.52 Å². The summed E-state index contributed by atoms with van der Waals surface area (Å²) in [7, 11) is 2.02. The molecule has 0 aliphatic carbocycles. The molecule has 3 aromatic rings. The van der Waals surface area contributed by atoms with Crippen molar-refractivity contribution in [3.05, 3.63) is 83.5 Å². The molecule has 3 heterocycles. The molecular weight excluding hydrogens is 352 g/mol. The summed E-state index contributed by atoms with van der Waals surface area (Å²) in [4.78, 5) is 21.4. The van der Waals surface area contributed by atoms with E-state index in [1.165, 1.54) is 5.56 Å². The van der Waals surface area contributed by atoms with E-state index in [-0.39, 0.29) is 11.9 Å². The van der Waals surface area contributed by atoms with E-state index in [9.17, 15) is 4.79 Å². The summed E-state index contributed by atoms with van der Waals surface area (Å²) in [5.41, 5.74) is 2.53. The zero-order valence-electron chi connectivity index (χ0n) is 16.0. The highest BCUT2D eigenvalue weighted by Gasteiger charge is 2.32. The summed E-state index contributed by atoms with van der Waals surface area (Å²) in [6.45, 7) is 2.12. The van der Waals surface area contributed by atoms with E-state index < -0.39 is 0 Å². The van der Waals surface area contributed by atoms with Crippen LogP contribution in [0.2, 0.25) is 0 Å². The zero-order chi connectivity index (χ0) is 19.3. The number of pyridine rings is 1. The molecule has 6 nitrogen and oxygen atoms in total. The molecule has 1 fully saturated rings. The second-order valence-corrected chi connectivity index (χ2v) is 7.25. The Morgan fingerprint density at radius 2 is 2.00 bits per heavy atom. The van der Waals surface area contributed by atoms with Gasteiger partial charge >= 0.3 is 0 Å². The molecule has 0 unspecified atom stereocenters. The Labute approximate surface area is 164 Å². The van der Waals surface area contributed by atoms with Gasteiger partial charge in [0.2, 0.25) is 0 Å². The molecule has 2 aromatic heterocycles. The number of carbonyl (C=O) groups excluding carboxylic acids is 1. The van der Waals surface area contributed by atoms with Crippen LogP contribution in [0.4, 0.5) is 0 Å². The lowest BCUT2D eigenvalue weighted by molar-refractivity contribution is 0.0722. The first kappa shape index (κ1) is 18.4. The molecule has 6 heteroatoms. The smallest absolute Gasteiger partial charge is 0.276 e. The average Bonchev–Trinajstić information content (AvgIpc) is 3.38. The van der Waals surface area contributed by atoms with E-state index in [0.717, 1.165) is 31.6 Å². The van der Waals surface area contributed by atoms with Gasteiger partial charge in [0.1, 0.15) is 0 Å².